The van der Waals surface area contributed by atoms with Gasteiger partial charge in [0.1, 0.15) is 6.54 Å². The number of nitrogens with zero attached hydrogens (tertiary/aromatic N) is 3. The van der Waals surface area contributed by atoms with Crippen molar-refractivity contribution in [2.75, 3.05) is 0 Å². The van der Waals surface area contributed by atoms with Gasteiger partial charge in [-0.3, -0.25) is 9.59 Å². The summed E-state index contributed by atoms with van der Waals surface area (Å²) in [5.41, 5.74) is 1.69. The van der Waals surface area contributed by atoms with Crippen LogP contribution in [0.25, 0.3) is 11.3 Å². The average molecular weight is 318 g/mol. The summed E-state index contributed by atoms with van der Waals surface area (Å²) in [4.78, 5) is 24.1. The third-order valence-electron chi connectivity index (χ3n) is 3.21. The van der Waals surface area contributed by atoms with Gasteiger partial charge in [-0.25, -0.2) is 4.68 Å². The summed E-state index contributed by atoms with van der Waals surface area (Å²) < 4.78 is 6.43. The summed E-state index contributed by atoms with van der Waals surface area (Å²) in [6.07, 6.45) is 0. The number of carbonyl (C=O) groups is 1. The maximum Gasteiger partial charge on any atom is 0.267 e. The van der Waals surface area contributed by atoms with Gasteiger partial charge in [0.2, 0.25) is 5.91 Å². The molecule has 0 fully saturated rings. The Morgan fingerprint density at radius 3 is 2.52 bits per heavy atom. The summed E-state index contributed by atoms with van der Waals surface area (Å²) in [5.74, 6) is 0.331. The lowest BCUT2D eigenvalue weighted by Gasteiger charge is -2.13. The SMILES string of the molecule is Cc1cc(-c2cc(=O)n(CC(=O)NC(C)C)nc2C(C)C)on1. The monoisotopic (exact) mass is 318 g/mol. The highest BCUT2D eigenvalue weighted by atomic mass is 16.5. The van der Waals surface area contributed by atoms with Gasteiger partial charge in [0.05, 0.1) is 11.4 Å². The molecule has 0 atom stereocenters. The molecule has 0 radical (unpaired) electrons. The van der Waals surface area contributed by atoms with Crippen LogP contribution in [-0.2, 0) is 11.3 Å². The molecular weight excluding hydrogens is 296 g/mol. The van der Waals surface area contributed by atoms with Gasteiger partial charge >= 0.3 is 0 Å². The molecule has 7 nitrogen and oxygen atoms in total. The highest BCUT2D eigenvalue weighted by Crippen LogP contribution is 2.26. The first-order valence-electron chi connectivity index (χ1n) is 7.63. The number of hydrogen-bond donors (Lipinski definition) is 1. The zero-order chi connectivity index (χ0) is 17.1. The van der Waals surface area contributed by atoms with Gasteiger partial charge in [-0.1, -0.05) is 19.0 Å². The number of hydrogen-bond acceptors (Lipinski definition) is 5. The van der Waals surface area contributed by atoms with E-state index in [9.17, 15) is 9.59 Å². The number of rotatable bonds is 5. The van der Waals surface area contributed by atoms with Crippen LogP contribution in [0.3, 0.4) is 0 Å². The molecule has 1 amide bonds. The Morgan fingerprint density at radius 2 is 2.00 bits per heavy atom. The van der Waals surface area contributed by atoms with Crippen molar-refractivity contribution in [2.45, 2.75) is 53.1 Å². The molecule has 0 bridgehead atoms. The van der Waals surface area contributed by atoms with E-state index in [0.717, 1.165) is 5.69 Å². The maximum atomic E-state index is 12.3. The zero-order valence-electron chi connectivity index (χ0n) is 14.1. The van der Waals surface area contributed by atoms with Crippen molar-refractivity contribution >= 4 is 5.91 Å². The number of nitrogens with one attached hydrogen (secondary N) is 1. The fourth-order valence-corrected chi connectivity index (χ4v) is 2.24. The lowest BCUT2D eigenvalue weighted by molar-refractivity contribution is -0.122. The molecular formula is C16H22N4O3. The van der Waals surface area contributed by atoms with Gasteiger partial charge in [-0.15, -0.1) is 0 Å². The third kappa shape index (κ3) is 4.06. The summed E-state index contributed by atoms with van der Waals surface area (Å²) in [6.45, 7) is 9.38. The fourth-order valence-electron chi connectivity index (χ4n) is 2.24. The minimum Gasteiger partial charge on any atom is -0.356 e. The average Bonchev–Trinajstić information content (AvgIpc) is 2.86. The quantitative estimate of drug-likeness (QED) is 0.908. The Morgan fingerprint density at radius 1 is 1.30 bits per heavy atom. The highest BCUT2D eigenvalue weighted by molar-refractivity contribution is 5.75. The van der Waals surface area contributed by atoms with E-state index >= 15 is 0 Å². The van der Waals surface area contributed by atoms with Crippen molar-refractivity contribution in [1.82, 2.24) is 20.3 Å². The van der Waals surface area contributed by atoms with Crippen molar-refractivity contribution in [3.63, 3.8) is 0 Å². The predicted octanol–water partition coefficient (Wildman–Crippen LogP) is 1.85. The first-order chi connectivity index (χ1) is 10.8. The molecule has 0 unspecified atom stereocenters. The normalized spacial score (nSPS) is 11.3. The molecule has 2 aromatic rings. The number of carbonyl (C=O) groups excluding carboxylic acids is 1. The second-order valence-corrected chi connectivity index (χ2v) is 6.15. The van der Waals surface area contributed by atoms with Gasteiger partial charge in [0, 0.05) is 23.7 Å². The molecule has 7 heteroatoms. The van der Waals surface area contributed by atoms with E-state index < -0.39 is 0 Å². The molecule has 0 aromatic carbocycles. The lowest BCUT2D eigenvalue weighted by atomic mass is 10.0. The Hall–Kier alpha value is -2.44. The molecule has 23 heavy (non-hydrogen) atoms. The summed E-state index contributed by atoms with van der Waals surface area (Å²) in [6, 6.07) is 3.22. The summed E-state index contributed by atoms with van der Waals surface area (Å²) in [5, 5.41) is 11.0. The van der Waals surface area contributed by atoms with Crippen LogP contribution in [0.4, 0.5) is 0 Å². The molecule has 0 saturated heterocycles. The van der Waals surface area contributed by atoms with Gasteiger partial charge < -0.3 is 9.84 Å². The van der Waals surface area contributed by atoms with Gasteiger partial charge in [0.15, 0.2) is 5.76 Å². The van der Waals surface area contributed by atoms with Crippen molar-refractivity contribution in [3.8, 4) is 11.3 Å². The lowest BCUT2D eigenvalue weighted by Crippen LogP contribution is -2.37. The van der Waals surface area contributed by atoms with Crippen molar-refractivity contribution < 1.29 is 9.32 Å². The van der Waals surface area contributed by atoms with E-state index in [4.69, 9.17) is 4.52 Å². The first kappa shape index (κ1) is 16.9. The Bertz CT molecular complexity index is 759. The second-order valence-electron chi connectivity index (χ2n) is 6.15. The number of aryl methyl sites for hydroxylation is 1. The zero-order valence-corrected chi connectivity index (χ0v) is 14.1. The third-order valence-corrected chi connectivity index (χ3v) is 3.21. The minimum absolute atomic E-state index is 0.0132. The van der Waals surface area contributed by atoms with Crippen LogP contribution < -0.4 is 10.9 Å². The standard InChI is InChI=1S/C16H22N4O3/c1-9(2)16-12(13-6-11(5)19-23-13)7-15(22)20(18-16)8-14(21)17-10(3)4/h6-7,9-10H,8H2,1-5H3,(H,17,21). The molecule has 1 N–H and O–H groups in total. The topological polar surface area (TPSA) is 90.0 Å². The van der Waals surface area contributed by atoms with Crippen LogP contribution in [0.5, 0.6) is 0 Å². The van der Waals surface area contributed by atoms with Crippen molar-refractivity contribution in [3.05, 3.63) is 33.9 Å². The van der Waals surface area contributed by atoms with E-state index in [1.165, 1.54) is 10.7 Å². The molecule has 2 heterocycles. The molecule has 0 aliphatic heterocycles. The Balaban J connectivity index is 2.42. The molecule has 2 aromatic heterocycles. The van der Waals surface area contributed by atoms with Crippen LogP contribution in [0.2, 0.25) is 0 Å². The van der Waals surface area contributed by atoms with E-state index in [1.807, 2.05) is 34.6 Å². The molecule has 0 spiro atoms. The molecule has 0 aliphatic carbocycles. The summed E-state index contributed by atoms with van der Waals surface area (Å²) in [7, 11) is 0. The van der Waals surface area contributed by atoms with Crippen LogP contribution in [-0.4, -0.2) is 26.9 Å². The van der Waals surface area contributed by atoms with Crippen LogP contribution in [0, 0.1) is 6.92 Å². The van der Waals surface area contributed by atoms with Gasteiger partial charge in [-0.2, -0.15) is 5.10 Å². The fraction of sp³-hybridized carbons (Fsp3) is 0.500. The van der Waals surface area contributed by atoms with Crippen LogP contribution in [0.15, 0.2) is 21.5 Å². The van der Waals surface area contributed by atoms with E-state index in [2.05, 4.69) is 15.6 Å². The van der Waals surface area contributed by atoms with Crippen molar-refractivity contribution in [1.29, 1.82) is 0 Å². The predicted molar refractivity (Wildman–Crippen MR) is 86.1 cm³/mol. The largest absolute Gasteiger partial charge is 0.356 e. The van der Waals surface area contributed by atoms with Crippen LogP contribution in [0.1, 0.15) is 45.0 Å². The van der Waals surface area contributed by atoms with Gasteiger partial charge in [-0.05, 0) is 26.7 Å². The van der Waals surface area contributed by atoms with E-state index in [0.29, 0.717) is 17.0 Å². The minimum atomic E-state index is -0.350. The molecule has 124 valence electrons. The first-order valence-corrected chi connectivity index (χ1v) is 7.63. The highest BCUT2D eigenvalue weighted by Gasteiger charge is 2.18. The Kier molecular flexibility index (Phi) is 4.98. The number of amides is 1. The Labute approximate surface area is 134 Å². The smallest absolute Gasteiger partial charge is 0.267 e. The van der Waals surface area contributed by atoms with E-state index in [-0.39, 0.29) is 30.0 Å². The molecule has 0 saturated carbocycles. The molecule has 2 rings (SSSR count). The second kappa shape index (κ2) is 6.76. The number of aromatic nitrogens is 3. The van der Waals surface area contributed by atoms with Crippen LogP contribution >= 0.6 is 0 Å². The summed E-state index contributed by atoms with van der Waals surface area (Å²) >= 11 is 0. The molecule has 0 aliphatic rings. The van der Waals surface area contributed by atoms with Gasteiger partial charge in [0.25, 0.3) is 5.56 Å². The maximum absolute atomic E-state index is 12.3. The van der Waals surface area contributed by atoms with E-state index in [1.54, 1.807) is 6.07 Å². The van der Waals surface area contributed by atoms with Crippen molar-refractivity contribution in [2.24, 2.45) is 0 Å².